The van der Waals surface area contributed by atoms with Crippen molar-refractivity contribution in [2.75, 3.05) is 13.7 Å². The molecule has 1 rings (SSSR count). The molecule has 1 heterocycles. The van der Waals surface area contributed by atoms with Crippen molar-refractivity contribution in [3.63, 3.8) is 0 Å². The lowest BCUT2D eigenvalue weighted by Gasteiger charge is -1.93. The van der Waals surface area contributed by atoms with E-state index in [0.29, 0.717) is 31.5 Å². The highest BCUT2D eigenvalue weighted by molar-refractivity contribution is 4.78. The molecule has 0 spiro atoms. The van der Waals surface area contributed by atoms with Crippen LogP contribution in [0.3, 0.4) is 0 Å². The minimum atomic E-state index is 0.396. The van der Waals surface area contributed by atoms with E-state index in [0.717, 1.165) is 0 Å². The average Bonchev–Trinajstić information content (AvgIpc) is 2.50. The summed E-state index contributed by atoms with van der Waals surface area (Å²) in [5.74, 6) is 1.12. The molecule has 0 amide bonds. The number of hydrogen-bond acceptors (Lipinski definition) is 5. The summed E-state index contributed by atoms with van der Waals surface area (Å²) in [5.41, 5.74) is 0. The zero-order valence-corrected chi connectivity index (χ0v) is 7.33. The third-order valence-electron chi connectivity index (χ3n) is 1.27. The molecule has 0 radical (unpaired) electrons. The van der Waals surface area contributed by atoms with Gasteiger partial charge in [0.25, 0.3) is 0 Å². The van der Waals surface area contributed by atoms with Gasteiger partial charge in [-0.25, -0.2) is 0 Å². The smallest absolute Gasteiger partial charge is 0.242 e. The van der Waals surface area contributed by atoms with Gasteiger partial charge in [-0.3, -0.25) is 0 Å². The summed E-state index contributed by atoms with van der Waals surface area (Å²) in [5, 5.41) is 10.5. The molecular formula is C7H13N3O2. The molecule has 0 aromatic carbocycles. The predicted molar refractivity (Wildman–Crippen MR) is 42.4 cm³/mol. The highest BCUT2D eigenvalue weighted by atomic mass is 16.5. The van der Waals surface area contributed by atoms with Crippen molar-refractivity contribution in [1.29, 1.82) is 0 Å². The Morgan fingerprint density at radius 1 is 1.42 bits per heavy atom. The number of ether oxygens (including phenoxy) is 1. The molecule has 0 unspecified atom stereocenters. The molecule has 5 heteroatoms. The highest BCUT2D eigenvalue weighted by Crippen LogP contribution is 2.00. The lowest BCUT2D eigenvalue weighted by molar-refractivity contribution is 0.113. The van der Waals surface area contributed by atoms with Crippen LogP contribution in [-0.4, -0.2) is 23.9 Å². The SMILES string of the molecule is CCOCc1nnc(CNC)o1. The minimum absolute atomic E-state index is 0.396. The Balaban J connectivity index is 2.41. The van der Waals surface area contributed by atoms with Gasteiger partial charge in [-0.05, 0) is 14.0 Å². The summed E-state index contributed by atoms with van der Waals surface area (Å²) in [7, 11) is 1.83. The molecule has 0 atom stereocenters. The summed E-state index contributed by atoms with van der Waals surface area (Å²) in [6, 6.07) is 0. The van der Waals surface area contributed by atoms with Crippen LogP contribution in [0.25, 0.3) is 0 Å². The van der Waals surface area contributed by atoms with E-state index in [2.05, 4.69) is 15.5 Å². The average molecular weight is 171 g/mol. The van der Waals surface area contributed by atoms with Crippen LogP contribution >= 0.6 is 0 Å². The Labute approximate surface area is 71.1 Å². The second-order valence-electron chi connectivity index (χ2n) is 2.26. The fourth-order valence-electron chi connectivity index (χ4n) is 0.759. The third kappa shape index (κ3) is 2.60. The van der Waals surface area contributed by atoms with Gasteiger partial charge in [-0.1, -0.05) is 0 Å². The van der Waals surface area contributed by atoms with Crippen LogP contribution in [-0.2, 0) is 17.9 Å². The second kappa shape index (κ2) is 4.84. The molecule has 0 fully saturated rings. The monoisotopic (exact) mass is 171 g/mol. The van der Waals surface area contributed by atoms with Gasteiger partial charge < -0.3 is 14.5 Å². The Bertz CT molecular complexity index is 224. The van der Waals surface area contributed by atoms with Gasteiger partial charge >= 0.3 is 0 Å². The van der Waals surface area contributed by atoms with E-state index in [9.17, 15) is 0 Å². The van der Waals surface area contributed by atoms with Gasteiger partial charge in [0, 0.05) is 6.61 Å². The summed E-state index contributed by atoms with van der Waals surface area (Å²) in [6.07, 6.45) is 0. The maximum atomic E-state index is 5.22. The summed E-state index contributed by atoms with van der Waals surface area (Å²) in [6.45, 7) is 3.57. The number of nitrogens with one attached hydrogen (secondary N) is 1. The van der Waals surface area contributed by atoms with E-state index in [1.165, 1.54) is 0 Å². The fraction of sp³-hybridized carbons (Fsp3) is 0.714. The van der Waals surface area contributed by atoms with Crippen molar-refractivity contribution in [2.24, 2.45) is 0 Å². The molecule has 68 valence electrons. The van der Waals surface area contributed by atoms with Crippen molar-refractivity contribution in [3.8, 4) is 0 Å². The van der Waals surface area contributed by atoms with E-state index in [1.54, 1.807) is 0 Å². The van der Waals surface area contributed by atoms with E-state index >= 15 is 0 Å². The number of hydrogen-bond donors (Lipinski definition) is 1. The Hall–Kier alpha value is -0.940. The Morgan fingerprint density at radius 3 is 2.83 bits per heavy atom. The lowest BCUT2D eigenvalue weighted by atomic mass is 10.6. The van der Waals surface area contributed by atoms with Gasteiger partial charge in [-0.2, -0.15) is 0 Å². The van der Waals surface area contributed by atoms with Crippen molar-refractivity contribution < 1.29 is 9.15 Å². The Kier molecular flexibility index (Phi) is 3.69. The highest BCUT2D eigenvalue weighted by Gasteiger charge is 2.03. The van der Waals surface area contributed by atoms with Crippen molar-refractivity contribution >= 4 is 0 Å². The third-order valence-corrected chi connectivity index (χ3v) is 1.27. The van der Waals surface area contributed by atoms with Gasteiger partial charge in [0.15, 0.2) is 0 Å². The molecule has 0 aliphatic carbocycles. The van der Waals surface area contributed by atoms with Crippen LogP contribution in [0.4, 0.5) is 0 Å². The van der Waals surface area contributed by atoms with Crippen molar-refractivity contribution in [2.45, 2.75) is 20.1 Å². The maximum Gasteiger partial charge on any atom is 0.242 e. The quantitative estimate of drug-likeness (QED) is 0.691. The lowest BCUT2D eigenvalue weighted by Crippen LogP contribution is -2.04. The van der Waals surface area contributed by atoms with Crippen molar-refractivity contribution in [1.82, 2.24) is 15.5 Å². The molecular weight excluding hydrogens is 158 g/mol. The van der Waals surface area contributed by atoms with Crippen LogP contribution in [0.2, 0.25) is 0 Å². The van der Waals surface area contributed by atoms with Gasteiger partial charge in [0.05, 0.1) is 6.54 Å². The maximum absolute atomic E-state index is 5.22. The number of aromatic nitrogens is 2. The molecule has 0 aliphatic heterocycles. The summed E-state index contributed by atoms with van der Waals surface area (Å²) >= 11 is 0. The molecule has 1 aromatic rings. The molecule has 0 saturated heterocycles. The Morgan fingerprint density at radius 2 is 2.17 bits per heavy atom. The van der Waals surface area contributed by atoms with E-state index in [-0.39, 0.29) is 0 Å². The standard InChI is InChI=1S/C7H13N3O2/c1-3-11-5-7-10-9-6(12-7)4-8-2/h8H,3-5H2,1-2H3. The van der Waals surface area contributed by atoms with Crippen LogP contribution in [0, 0.1) is 0 Å². The van der Waals surface area contributed by atoms with Crippen LogP contribution < -0.4 is 5.32 Å². The predicted octanol–water partition coefficient (Wildman–Crippen LogP) is 0.325. The van der Waals surface area contributed by atoms with Crippen molar-refractivity contribution in [3.05, 3.63) is 11.8 Å². The van der Waals surface area contributed by atoms with E-state index in [4.69, 9.17) is 9.15 Å². The molecule has 0 saturated carbocycles. The van der Waals surface area contributed by atoms with Crippen LogP contribution in [0.15, 0.2) is 4.42 Å². The van der Waals surface area contributed by atoms with Gasteiger partial charge in [0.2, 0.25) is 11.8 Å². The van der Waals surface area contributed by atoms with Crippen LogP contribution in [0.1, 0.15) is 18.7 Å². The second-order valence-corrected chi connectivity index (χ2v) is 2.26. The molecule has 12 heavy (non-hydrogen) atoms. The van der Waals surface area contributed by atoms with E-state index < -0.39 is 0 Å². The summed E-state index contributed by atoms with van der Waals surface area (Å²) in [4.78, 5) is 0. The zero-order chi connectivity index (χ0) is 8.81. The molecule has 0 aliphatic rings. The first-order valence-electron chi connectivity index (χ1n) is 3.90. The van der Waals surface area contributed by atoms with Gasteiger partial charge in [-0.15, -0.1) is 10.2 Å². The molecule has 1 aromatic heterocycles. The molecule has 5 nitrogen and oxygen atoms in total. The first-order chi connectivity index (χ1) is 5.86. The molecule has 0 bridgehead atoms. The van der Waals surface area contributed by atoms with Gasteiger partial charge in [0.1, 0.15) is 6.61 Å². The number of rotatable bonds is 5. The van der Waals surface area contributed by atoms with E-state index in [1.807, 2.05) is 14.0 Å². The van der Waals surface area contributed by atoms with Crippen LogP contribution in [0.5, 0.6) is 0 Å². The zero-order valence-electron chi connectivity index (χ0n) is 7.33. The topological polar surface area (TPSA) is 60.2 Å². The summed E-state index contributed by atoms with van der Waals surface area (Å²) < 4.78 is 10.3. The minimum Gasteiger partial charge on any atom is -0.421 e. The largest absolute Gasteiger partial charge is 0.421 e. The normalized spacial score (nSPS) is 10.5. The number of nitrogens with zero attached hydrogens (tertiary/aromatic N) is 2. The molecule has 1 N–H and O–H groups in total. The first-order valence-corrected chi connectivity index (χ1v) is 3.90. The fourth-order valence-corrected chi connectivity index (χ4v) is 0.759. The first kappa shape index (κ1) is 9.15.